The van der Waals surface area contributed by atoms with Crippen molar-refractivity contribution in [2.75, 3.05) is 12.8 Å². The maximum absolute atomic E-state index is 5.96. The average molecular weight is 267 g/mol. The molecule has 0 unspecified atom stereocenters. The van der Waals surface area contributed by atoms with Crippen LogP contribution in [0.15, 0.2) is 46.3 Å². The van der Waals surface area contributed by atoms with E-state index in [2.05, 4.69) is 4.98 Å². The first-order chi connectivity index (χ1) is 8.19. The van der Waals surface area contributed by atoms with Crippen LogP contribution in [0.2, 0.25) is 5.02 Å². The molecule has 0 amide bonds. The van der Waals surface area contributed by atoms with E-state index in [-0.39, 0.29) is 0 Å². The molecule has 0 saturated carbocycles. The van der Waals surface area contributed by atoms with Gasteiger partial charge in [0.25, 0.3) is 0 Å². The van der Waals surface area contributed by atoms with E-state index in [0.717, 1.165) is 15.5 Å². The number of pyridine rings is 1. The second-order valence-corrected chi connectivity index (χ2v) is 4.87. The smallest absolute Gasteiger partial charge is 0.132 e. The lowest BCUT2D eigenvalue weighted by molar-refractivity contribution is 0.405. The van der Waals surface area contributed by atoms with Gasteiger partial charge in [-0.05, 0) is 30.3 Å². The van der Waals surface area contributed by atoms with Crippen LogP contribution < -0.4 is 10.5 Å². The van der Waals surface area contributed by atoms with Crippen LogP contribution in [0.25, 0.3) is 0 Å². The fourth-order valence-electron chi connectivity index (χ4n) is 1.31. The number of anilines is 1. The van der Waals surface area contributed by atoms with Crippen LogP contribution >= 0.6 is 23.4 Å². The van der Waals surface area contributed by atoms with Crippen LogP contribution in [0, 0.1) is 0 Å². The number of hydrogen-bond acceptors (Lipinski definition) is 4. The van der Waals surface area contributed by atoms with Crippen LogP contribution in [0.3, 0.4) is 0 Å². The monoisotopic (exact) mass is 266 g/mol. The molecule has 88 valence electrons. The largest absolute Gasteiger partial charge is 0.496 e. The van der Waals surface area contributed by atoms with Crippen molar-refractivity contribution in [1.82, 2.24) is 4.98 Å². The molecule has 0 radical (unpaired) electrons. The highest BCUT2D eigenvalue weighted by Gasteiger charge is 2.06. The van der Waals surface area contributed by atoms with E-state index < -0.39 is 0 Å². The van der Waals surface area contributed by atoms with Crippen LogP contribution in [0.1, 0.15) is 0 Å². The first-order valence-electron chi connectivity index (χ1n) is 4.92. The van der Waals surface area contributed by atoms with Crippen LogP contribution in [0.5, 0.6) is 5.75 Å². The van der Waals surface area contributed by atoms with Gasteiger partial charge in [-0.1, -0.05) is 23.4 Å². The fraction of sp³-hybridized carbons (Fsp3) is 0.0833. The van der Waals surface area contributed by atoms with Gasteiger partial charge in [-0.2, -0.15) is 0 Å². The topological polar surface area (TPSA) is 48.1 Å². The highest BCUT2D eigenvalue weighted by atomic mass is 35.5. The van der Waals surface area contributed by atoms with Crippen molar-refractivity contribution < 1.29 is 4.74 Å². The third-order valence-corrected chi connectivity index (χ3v) is 3.36. The molecule has 2 N–H and O–H groups in total. The van der Waals surface area contributed by atoms with Gasteiger partial charge in [0.15, 0.2) is 0 Å². The van der Waals surface area contributed by atoms with Gasteiger partial charge >= 0.3 is 0 Å². The van der Waals surface area contributed by atoms with Gasteiger partial charge in [-0.25, -0.2) is 4.98 Å². The molecule has 1 heterocycles. The first kappa shape index (κ1) is 12.1. The number of nitrogen functional groups attached to an aromatic ring is 1. The summed E-state index contributed by atoms with van der Waals surface area (Å²) in [6.45, 7) is 0. The maximum atomic E-state index is 5.96. The number of methoxy groups -OCH3 is 1. The molecule has 0 fully saturated rings. The molecule has 2 rings (SSSR count). The molecule has 0 spiro atoms. The van der Waals surface area contributed by atoms with Gasteiger partial charge in [0.1, 0.15) is 11.6 Å². The Balaban J connectivity index is 2.28. The molecule has 0 atom stereocenters. The average Bonchev–Trinajstić information content (AvgIpc) is 2.32. The highest BCUT2D eigenvalue weighted by molar-refractivity contribution is 7.99. The zero-order valence-electron chi connectivity index (χ0n) is 9.18. The first-order valence-corrected chi connectivity index (χ1v) is 6.11. The molecule has 1 aromatic heterocycles. The summed E-state index contributed by atoms with van der Waals surface area (Å²) in [5.41, 5.74) is 5.53. The third-order valence-electron chi connectivity index (χ3n) is 2.11. The number of hydrogen-bond donors (Lipinski definition) is 1. The van der Waals surface area contributed by atoms with Gasteiger partial charge in [0.05, 0.1) is 12.0 Å². The minimum atomic E-state index is 0.507. The maximum Gasteiger partial charge on any atom is 0.132 e. The molecule has 17 heavy (non-hydrogen) atoms. The van der Waals surface area contributed by atoms with Gasteiger partial charge in [-0.3, -0.25) is 0 Å². The second-order valence-electron chi connectivity index (χ2n) is 3.32. The molecule has 0 saturated heterocycles. The van der Waals surface area contributed by atoms with Crippen molar-refractivity contribution in [1.29, 1.82) is 0 Å². The highest BCUT2D eigenvalue weighted by Crippen LogP contribution is 2.36. The lowest BCUT2D eigenvalue weighted by atomic mass is 10.3. The number of nitrogens with zero attached hydrogens (tertiary/aromatic N) is 1. The Morgan fingerprint density at radius 3 is 2.76 bits per heavy atom. The zero-order chi connectivity index (χ0) is 12.3. The minimum absolute atomic E-state index is 0.507. The van der Waals surface area contributed by atoms with Crippen molar-refractivity contribution in [2.24, 2.45) is 0 Å². The fourth-order valence-corrected chi connectivity index (χ4v) is 2.48. The molecular formula is C12H11ClN2OS. The number of rotatable bonds is 3. The lowest BCUT2D eigenvalue weighted by Gasteiger charge is -2.08. The Kier molecular flexibility index (Phi) is 3.76. The standard InChI is InChI=1S/C12H11ClN2OS/c1-16-10-4-2-8(13)6-11(10)17-9-3-5-12(14)15-7-9/h2-7H,1H3,(H2,14,15). The number of nitrogens with two attached hydrogens (primary N) is 1. The van der Waals surface area contributed by atoms with Crippen molar-refractivity contribution in [3.63, 3.8) is 0 Å². The molecule has 2 aromatic rings. The van der Waals surface area contributed by atoms with Gasteiger partial charge in [0.2, 0.25) is 0 Å². The summed E-state index contributed by atoms with van der Waals surface area (Å²) in [6, 6.07) is 9.18. The van der Waals surface area contributed by atoms with E-state index >= 15 is 0 Å². The molecule has 0 bridgehead atoms. The van der Waals surface area contributed by atoms with E-state index in [1.807, 2.05) is 18.2 Å². The second kappa shape index (κ2) is 5.29. The Morgan fingerprint density at radius 2 is 2.12 bits per heavy atom. The van der Waals surface area contributed by atoms with Crippen LogP contribution in [0.4, 0.5) is 5.82 Å². The normalized spacial score (nSPS) is 10.2. The minimum Gasteiger partial charge on any atom is -0.496 e. The Morgan fingerprint density at radius 1 is 1.29 bits per heavy atom. The van der Waals surface area contributed by atoms with E-state index in [9.17, 15) is 0 Å². The Hall–Kier alpha value is -1.39. The lowest BCUT2D eigenvalue weighted by Crippen LogP contribution is -1.89. The summed E-state index contributed by atoms with van der Waals surface area (Å²) in [5, 5.41) is 0.678. The number of halogens is 1. The molecule has 0 aliphatic carbocycles. The van der Waals surface area contributed by atoms with E-state index in [1.165, 1.54) is 11.8 Å². The van der Waals surface area contributed by atoms with Crippen LogP contribution in [-0.2, 0) is 0 Å². The number of benzene rings is 1. The summed E-state index contributed by atoms with van der Waals surface area (Å²) >= 11 is 7.49. The summed E-state index contributed by atoms with van der Waals surface area (Å²) in [5.74, 6) is 1.30. The quantitative estimate of drug-likeness (QED) is 0.924. The Bertz CT molecular complexity index is 516. The zero-order valence-corrected chi connectivity index (χ0v) is 10.8. The number of aromatic nitrogens is 1. The molecule has 0 aliphatic rings. The van der Waals surface area contributed by atoms with E-state index in [0.29, 0.717) is 10.8 Å². The van der Waals surface area contributed by atoms with Gasteiger partial charge < -0.3 is 10.5 Å². The van der Waals surface area contributed by atoms with Crippen LogP contribution in [-0.4, -0.2) is 12.1 Å². The molecule has 3 nitrogen and oxygen atoms in total. The SMILES string of the molecule is COc1ccc(Cl)cc1Sc1ccc(N)nc1. The van der Waals surface area contributed by atoms with E-state index in [1.54, 1.807) is 25.4 Å². The van der Waals surface area contributed by atoms with Crippen molar-refractivity contribution in [3.05, 3.63) is 41.6 Å². The summed E-state index contributed by atoms with van der Waals surface area (Å²) < 4.78 is 5.27. The Labute approximate surface area is 109 Å². The van der Waals surface area contributed by atoms with Crippen molar-refractivity contribution >= 4 is 29.2 Å². The molecule has 1 aromatic carbocycles. The molecule has 0 aliphatic heterocycles. The number of ether oxygens (including phenoxy) is 1. The van der Waals surface area contributed by atoms with Crippen molar-refractivity contribution in [3.8, 4) is 5.75 Å². The summed E-state index contributed by atoms with van der Waals surface area (Å²) in [6.07, 6.45) is 1.72. The van der Waals surface area contributed by atoms with Gasteiger partial charge in [0, 0.05) is 16.1 Å². The van der Waals surface area contributed by atoms with Crippen molar-refractivity contribution in [2.45, 2.75) is 9.79 Å². The molecule has 5 heteroatoms. The summed E-state index contributed by atoms with van der Waals surface area (Å²) in [7, 11) is 1.63. The van der Waals surface area contributed by atoms with E-state index in [4.69, 9.17) is 22.1 Å². The van der Waals surface area contributed by atoms with Gasteiger partial charge in [-0.15, -0.1) is 0 Å². The third kappa shape index (κ3) is 3.05. The molecular weight excluding hydrogens is 256 g/mol. The summed E-state index contributed by atoms with van der Waals surface area (Å²) in [4.78, 5) is 5.97. The predicted molar refractivity (Wildman–Crippen MR) is 70.8 cm³/mol. The predicted octanol–water partition coefficient (Wildman–Crippen LogP) is 3.48.